The number of unbranched alkanes of at least 4 members (excludes halogenated alkanes) is 1. The van der Waals surface area contributed by atoms with Crippen LogP contribution < -0.4 is 26.8 Å². The first-order valence-corrected chi connectivity index (χ1v) is 12.9. The Hall–Kier alpha value is -3.20. The molecule has 0 radical (unpaired) electrons. The number of methoxy groups -OCH3 is 1. The number of hydrogen-bond acceptors (Lipinski definition) is 4. The largest absolute Gasteiger partial charge is 1.00 e. The summed E-state index contributed by atoms with van der Waals surface area (Å²) >= 11 is 0. The molecule has 0 saturated heterocycles. The van der Waals surface area contributed by atoms with Crippen molar-refractivity contribution in [1.29, 1.82) is 0 Å². The van der Waals surface area contributed by atoms with E-state index in [1.54, 1.807) is 7.11 Å². The minimum Gasteiger partial charge on any atom is -1.00 e. The fourth-order valence-corrected chi connectivity index (χ4v) is 5.68. The molecule has 206 valence electrons. The molecule has 9 heteroatoms. The van der Waals surface area contributed by atoms with E-state index in [2.05, 4.69) is 13.1 Å². The first kappa shape index (κ1) is 27.4. The molecule has 0 bridgehead atoms. The third kappa shape index (κ3) is 4.86. The number of nitrogens with one attached hydrogen (secondary N) is 1. The topological polar surface area (TPSA) is 41.4 Å². The zero-order valence-corrected chi connectivity index (χ0v) is 22.5. The van der Waals surface area contributed by atoms with Crippen LogP contribution in [0.4, 0.5) is 13.2 Å². The minimum absolute atomic E-state index is 0. The molecule has 1 N–H and O–H groups in total. The van der Waals surface area contributed by atoms with Crippen molar-refractivity contribution in [2.45, 2.75) is 38.7 Å². The van der Waals surface area contributed by atoms with E-state index in [0.29, 0.717) is 23.7 Å². The van der Waals surface area contributed by atoms with Crippen molar-refractivity contribution in [2.75, 3.05) is 27.1 Å². The van der Waals surface area contributed by atoms with Gasteiger partial charge in [-0.25, -0.2) is 13.2 Å². The molecule has 1 aliphatic carbocycles. The number of allylic oxidation sites excluding steroid dienone is 3. The second-order valence-electron chi connectivity index (χ2n) is 9.85. The average molecular weight is 560 g/mol. The van der Waals surface area contributed by atoms with Crippen molar-refractivity contribution in [3.63, 3.8) is 0 Å². The fraction of sp³-hybridized carbons (Fsp3) is 0.333. The highest BCUT2D eigenvalue weighted by Gasteiger charge is 2.40. The van der Waals surface area contributed by atoms with Gasteiger partial charge in [0.15, 0.2) is 29.0 Å². The number of benzene rings is 2. The molecule has 0 fully saturated rings. The molecule has 3 aliphatic heterocycles. The van der Waals surface area contributed by atoms with Gasteiger partial charge in [0.1, 0.15) is 23.8 Å². The van der Waals surface area contributed by atoms with Crippen molar-refractivity contribution >= 4 is 5.70 Å². The summed E-state index contributed by atoms with van der Waals surface area (Å²) in [7, 11) is 1.63. The van der Waals surface area contributed by atoms with Crippen LogP contribution in [-0.4, -0.2) is 33.2 Å². The Morgan fingerprint density at radius 3 is 2.49 bits per heavy atom. The third-order valence-electron chi connectivity index (χ3n) is 7.52. The SMILES string of the molecule is CCCCOC1C(OC)=CC=C2C1=C[NH+]1CCc3cc4c(cc3C1=C2Cc1cc(F)c(F)c(F)c1)OCO4.[Cl-]. The van der Waals surface area contributed by atoms with Gasteiger partial charge in [-0.3, -0.25) is 4.90 Å². The van der Waals surface area contributed by atoms with Gasteiger partial charge in [-0.2, -0.15) is 0 Å². The molecule has 4 aliphatic rings. The maximum absolute atomic E-state index is 14.2. The number of rotatable bonds is 7. The average Bonchev–Trinajstić information content (AvgIpc) is 3.37. The van der Waals surface area contributed by atoms with Crippen LogP contribution in [0.15, 0.2) is 65.1 Å². The third-order valence-corrected chi connectivity index (χ3v) is 7.52. The molecular weight excluding hydrogens is 531 g/mol. The van der Waals surface area contributed by atoms with E-state index < -0.39 is 23.6 Å². The quantitative estimate of drug-likeness (QED) is 0.415. The van der Waals surface area contributed by atoms with E-state index in [1.807, 2.05) is 24.3 Å². The minimum atomic E-state index is -1.47. The van der Waals surface area contributed by atoms with Gasteiger partial charge < -0.3 is 31.4 Å². The predicted molar refractivity (Wildman–Crippen MR) is 135 cm³/mol. The lowest BCUT2D eigenvalue weighted by Gasteiger charge is -2.36. The summed E-state index contributed by atoms with van der Waals surface area (Å²) in [5, 5.41) is 0. The zero-order valence-electron chi connectivity index (χ0n) is 21.7. The molecule has 0 saturated carbocycles. The molecule has 0 amide bonds. The van der Waals surface area contributed by atoms with Crippen molar-refractivity contribution < 1.29 is 49.4 Å². The Bertz CT molecular complexity index is 1410. The van der Waals surface area contributed by atoms with Crippen molar-refractivity contribution in [3.05, 3.63) is 99.2 Å². The molecule has 39 heavy (non-hydrogen) atoms. The maximum Gasteiger partial charge on any atom is 0.231 e. The predicted octanol–water partition coefficient (Wildman–Crippen LogP) is 1.78. The standard InChI is InChI=1S/C30H28F3NO4.ClH/c1-3-4-9-36-30-22-15-34-8-7-18-13-26-27(38-16-37-26)14-20(18)29(34)21(19(22)5-6-25(30)35-2)10-17-11-23(31)28(33)24(32)12-17;/h5-6,11-15,30H,3-4,7-10,16H2,1-2H3;1H. The molecule has 2 aromatic rings. The van der Waals surface area contributed by atoms with Gasteiger partial charge in [0, 0.05) is 36.2 Å². The van der Waals surface area contributed by atoms with Crippen LogP contribution >= 0.6 is 0 Å². The van der Waals surface area contributed by atoms with Gasteiger partial charge in [0.25, 0.3) is 0 Å². The van der Waals surface area contributed by atoms with Gasteiger partial charge in [0.05, 0.1) is 13.7 Å². The van der Waals surface area contributed by atoms with Crippen LogP contribution in [-0.2, 0) is 22.3 Å². The van der Waals surface area contributed by atoms with Crippen LogP contribution in [0.25, 0.3) is 5.70 Å². The van der Waals surface area contributed by atoms with Gasteiger partial charge in [-0.15, -0.1) is 0 Å². The smallest absolute Gasteiger partial charge is 0.231 e. The summed E-state index contributed by atoms with van der Waals surface area (Å²) in [6, 6.07) is 6.15. The van der Waals surface area contributed by atoms with E-state index in [-0.39, 0.29) is 25.6 Å². The zero-order chi connectivity index (χ0) is 26.4. The number of ether oxygens (including phenoxy) is 4. The number of fused-ring (bicyclic) bond motifs is 5. The van der Waals surface area contributed by atoms with Crippen molar-refractivity contribution in [1.82, 2.24) is 0 Å². The lowest BCUT2D eigenvalue weighted by Crippen LogP contribution is -3.06. The Morgan fingerprint density at radius 1 is 1.03 bits per heavy atom. The lowest BCUT2D eigenvalue weighted by molar-refractivity contribution is -0.771. The van der Waals surface area contributed by atoms with E-state index in [4.69, 9.17) is 18.9 Å². The molecule has 5 nitrogen and oxygen atoms in total. The number of hydrogen-bond donors (Lipinski definition) is 1. The van der Waals surface area contributed by atoms with Crippen LogP contribution in [0.2, 0.25) is 0 Å². The molecular formula is C30H29ClF3NO4. The van der Waals surface area contributed by atoms with Crippen LogP contribution in [0.5, 0.6) is 11.5 Å². The summed E-state index contributed by atoms with van der Waals surface area (Å²) in [5.41, 5.74) is 6.27. The molecule has 0 aromatic heterocycles. The van der Waals surface area contributed by atoms with Gasteiger partial charge in [0.2, 0.25) is 6.79 Å². The Kier molecular flexibility index (Phi) is 7.80. The summed E-state index contributed by atoms with van der Waals surface area (Å²) in [6.07, 6.45) is 8.59. The van der Waals surface area contributed by atoms with Crippen molar-refractivity contribution in [2.24, 2.45) is 0 Å². The Labute approximate surface area is 231 Å². The molecule has 2 unspecified atom stereocenters. The van der Waals surface area contributed by atoms with Crippen molar-refractivity contribution in [3.8, 4) is 11.5 Å². The van der Waals surface area contributed by atoms with E-state index in [1.165, 1.54) is 0 Å². The molecule has 6 rings (SSSR count). The van der Waals surface area contributed by atoms with Gasteiger partial charge >= 0.3 is 0 Å². The van der Waals surface area contributed by atoms with Crippen LogP contribution in [0.3, 0.4) is 0 Å². The Balaban J connectivity index is 0.00000308. The fourth-order valence-electron chi connectivity index (χ4n) is 5.68. The van der Waals surface area contributed by atoms with Gasteiger partial charge in [-0.05, 0) is 53.5 Å². The maximum atomic E-state index is 14.2. The van der Waals surface area contributed by atoms with E-state index in [0.717, 1.165) is 82.1 Å². The second kappa shape index (κ2) is 11.1. The Morgan fingerprint density at radius 2 is 1.77 bits per heavy atom. The summed E-state index contributed by atoms with van der Waals surface area (Å²) in [5.74, 6) is -1.77. The lowest BCUT2D eigenvalue weighted by atomic mass is 9.79. The normalized spacial score (nSPS) is 20.7. The highest BCUT2D eigenvalue weighted by Crippen LogP contribution is 2.42. The summed E-state index contributed by atoms with van der Waals surface area (Å²) in [6.45, 7) is 3.64. The molecule has 2 aromatic carbocycles. The first-order chi connectivity index (χ1) is 18.5. The van der Waals surface area contributed by atoms with Crippen LogP contribution in [0, 0.1) is 17.5 Å². The summed E-state index contributed by atoms with van der Waals surface area (Å²) in [4.78, 5) is 1.11. The molecule has 0 spiro atoms. The number of quaternary nitrogens is 1. The monoisotopic (exact) mass is 559 g/mol. The molecule has 3 heterocycles. The summed E-state index contributed by atoms with van der Waals surface area (Å²) < 4.78 is 65.5. The second-order valence-corrected chi connectivity index (χ2v) is 9.85. The number of halogens is 4. The highest BCUT2D eigenvalue weighted by molar-refractivity contribution is 5.77. The van der Waals surface area contributed by atoms with E-state index in [9.17, 15) is 13.2 Å². The van der Waals surface area contributed by atoms with Crippen LogP contribution in [0.1, 0.15) is 36.5 Å². The van der Waals surface area contributed by atoms with Gasteiger partial charge in [-0.1, -0.05) is 19.4 Å². The first-order valence-electron chi connectivity index (χ1n) is 12.9. The highest BCUT2D eigenvalue weighted by atomic mass is 35.5. The van der Waals surface area contributed by atoms with E-state index >= 15 is 0 Å². The molecule has 2 atom stereocenters.